The molecule has 1 amide bonds. The molecular weight excluding hydrogens is 499 g/mol. The average molecular weight is 517 g/mol. The van der Waals surface area contributed by atoms with Crippen molar-refractivity contribution in [3.8, 4) is 17.2 Å². The molecule has 0 N–H and O–H groups in total. The number of amides is 1. The normalized spacial score (nSPS) is 21.0. The Morgan fingerprint density at radius 2 is 1.93 bits per heavy atom. The molecule has 3 aliphatic rings. The van der Waals surface area contributed by atoms with E-state index in [9.17, 15) is 4.79 Å². The number of aromatic nitrogens is 1. The molecule has 0 aliphatic carbocycles. The molecule has 2 aromatic carbocycles. The molecule has 1 unspecified atom stereocenters. The molecule has 0 fully saturated rings. The van der Waals surface area contributed by atoms with Gasteiger partial charge in [0.05, 0.1) is 0 Å². The van der Waals surface area contributed by atoms with Crippen molar-refractivity contribution in [2.24, 2.45) is 0 Å². The number of carbonyl (C=O) groups is 1. The molecule has 0 radical (unpaired) electrons. The molecule has 1 aromatic heterocycles. The minimum absolute atomic E-state index is 0.0230. The van der Waals surface area contributed by atoms with Gasteiger partial charge in [-0.2, -0.15) is 0 Å². The number of fused-ring (bicyclic) bond motifs is 5. The van der Waals surface area contributed by atoms with Crippen molar-refractivity contribution >= 4 is 11.6 Å². The van der Waals surface area contributed by atoms with Crippen LogP contribution in [0.2, 0.25) is 0 Å². The van der Waals surface area contributed by atoms with E-state index in [0.717, 1.165) is 22.5 Å². The van der Waals surface area contributed by atoms with Crippen LogP contribution < -0.4 is 37.8 Å². The molecule has 4 heterocycles. The van der Waals surface area contributed by atoms with Crippen molar-refractivity contribution < 1.29 is 42.1 Å². The number of hydrogen-bond donors (Lipinski definition) is 0. The standard InChI is InChI=1S/C22H18IN2O5/c1-12(2)20-24-13(10-27-20)9-25-16-6-4-3-5-14(16)22(21(25)26)11-28-17-8-19-18(7-15(17)22)29-23-30-19/h3-8,10,12H,9,11H2,1-2H3/q-1. The number of benzene rings is 2. The monoisotopic (exact) mass is 517 g/mol. The summed E-state index contributed by atoms with van der Waals surface area (Å²) < 4.78 is 22.9. The number of carbonyl (C=O) groups excluding carboxylic acids is 1. The van der Waals surface area contributed by atoms with E-state index in [0.29, 0.717) is 29.7 Å². The summed E-state index contributed by atoms with van der Waals surface area (Å²) >= 11 is -0.800. The minimum atomic E-state index is -0.893. The molecule has 7 nitrogen and oxygen atoms in total. The number of ether oxygens (including phenoxy) is 1. The van der Waals surface area contributed by atoms with Crippen LogP contribution in [0.15, 0.2) is 47.1 Å². The molecule has 30 heavy (non-hydrogen) atoms. The van der Waals surface area contributed by atoms with Crippen LogP contribution in [0.5, 0.6) is 17.2 Å². The number of hydrogen-bond acceptors (Lipinski definition) is 6. The Morgan fingerprint density at radius 3 is 2.73 bits per heavy atom. The van der Waals surface area contributed by atoms with Crippen molar-refractivity contribution in [3.05, 3.63) is 65.4 Å². The van der Waals surface area contributed by atoms with Gasteiger partial charge in [-0.3, -0.25) is 0 Å². The molecule has 6 rings (SSSR count). The zero-order chi connectivity index (χ0) is 20.5. The molecule has 1 atom stereocenters. The van der Waals surface area contributed by atoms with Gasteiger partial charge < -0.3 is 0 Å². The van der Waals surface area contributed by atoms with Crippen LogP contribution in [0, 0.1) is 0 Å². The van der Waals surface area contributed by atoms with Crippen molar-refractivity contribution in [2.45, 2.75) is 31.7 Å². The van der Waals surface area contributed by atoms with Gasteiger partial charge in [0.1, 0.15) is 0 Å². The van der Waals surface area contributed by atoms with E-state index in [1.165, 1.54) is 0 Å². The van der Waals surface area contributed by atoms with E-state index in [2.05, 4.69) is 4.98 Å². The fourth-order valence-corrected chi connectivity index (χ4v) is 5.53. The SMILES string of the molecule is CC(C)c1nc(CN2C(=O)C3(COc4cc5c(cc43)O[I-]O5)c3ccccc32)co1. The first-order chi connectivity index (χ1) is 14.6. The van der Waals surface area contributed by atoms with Crippen LogP contribution in [0.3, 0.4) is 0 Å². The Labute approximate surface area is 184 Å². The summed E-state index contributed by atoms with van der Waals surface area (Å²) in [6.07, 6.45) is 1.64. The Balaban J connectivity index is 1.46. The molecule has 3 aliphatic heterocycles. The number of oxazole rings is 1. The summed E-state index contributed by atoms with van der Waals surface area (Å²) in [5.74, 6) is 2.90. The second kappa shape index (κ2) is 6.37. The van der Waals surface area contributed by atoms with Gasteiger partial charge in [0.15, 0.2) is 0 Å². The van der Waals surface area contributed by atoms with E-state index >= 15 is 0 Å². The maximum atomic E-state index is 13.9. The second-order valence-corrected chi connectivity index (χ2v) is 9.19. The predicted molar refractivity (Wildman–Crippen MR) is 102 cm³/mol. The molecule has 8 heteroatoms. The molecule has 1 spiro atoms. The maximum absolute atomic E-state index is 13.9. The first-order valence-corrected chi connectivity index (χ1v) is 11.5. The van der Waals surface area contributed by atoms with Gasteiger partial charge in [-0.1, -0.05) is 13.8 Å². The molecule has 0 bridgehead atoms. The summed E-state index contributed by atoms with van der Waals surface area (Å²) in [7, 11) is 0. The Kier molecular flexibility index (Phi) is 3.83. The third kappa shape index (κ3) is 2.36. The summed E-state index contributed by atoms with van der Waals surface area (Å²) in [6, 6.07) is 11.6. The van der Waals surface area contributed by atoms with E-state index in [-0.39, 0.29) is 18.4 Å². The van der Waals surface area contributed by atoms with Gasteiger partial charge in [0.25, 0.3) is 0 Å². The average Bonchev–Trinajstić information content (AvgIpc) is 3.51. The fraction of sp³-hybridized carbons (Fsp3) is 0.273. The van der Waals surface area contributed by atoms with Crippen molar-refractivity contribution in [1.29, 1.82) is 0 Å². The first kappa shape index (κ1) is 18.1. The number of nitrogens with zero attached hydrogens (tertiary/aromatic N) is 2. The third-order valence-electron chi connectivity index (χ3n) is 5.83. The number of anilines is 1. The molecule has 0 saturated heterocycles. The zero-order valence-electron chi connectivity index (χ0n) is 16.3. The van der Waals surface area contributed by atoms with Gasteiger partial charge in [-0.05, 0) is 0 Å². The van der Waals surface area contributed by atoms with Crippen LogP contribution in [0.4, 0.5) is 5.69 Å². The summed E-state index contributed by atoms with van der Waals surface area (Å²) in [5, 5.41) is 0. The summed E-state index contributed by atoms with van der Waals surface area (Å²) in [4.78, 5) is 20.3. The van der Waals surface area contributed by atoms with Crippen LogP contribution in [0.25, 0.3) is 0 Å². The van der Waals surface area contributed by atoms with E-state index in [4.69, 9.17) is 15.3 Å². The summed E-state index contributed by atoms with van der Waals surface area (Å²) in [5.41, 5.74) is 2.48. The molecular formula is C22H18IN2O5-. The fourth-order valence-electron chi connectivity index (χ4n) is 4.37. The van der Waals surface area contributed by atoms with Crippen LogP contribution in [0.1, 0.15) is 42.5 Å². The van der Waals surface area contributed by atoms with E-state index in [1.54, 1.807) is 11.2 Å². The number of para-hydroxylation sites is 1. The Morgan fingerprint density at radius 1 is 1.13 bits per heavy atom. The number of halogens is 1. The van der Waals surface area contributed by atoms with E-state index in [1.807, 2.05) is 50.2 Å². The quantitative estimate of drug-likeness (QED) is 0.477. The van der Waals surface area contributed by atoms with Crippen LogP contribution in [-0.4, -0.2) is 17.5 Å². The first-order valence-electron chi connectivity index (χ1n) is 9.74. The van der Waals surface area contributed by atoms with Gasteiger partial charge in [0, 0.05) is 0 Å². The Bertz CT molecular complexity index is 1190. The van der Waals surface area contributed by atoms with Crippen molar-refractivity contribution in [2.75, 3.05) is 11.5 Å². The number of rotatable bonds is 3. The zero-order valence-corrected chi connectivity index (χ0v) is 18.5. The van der Waals surface area contributed by atoms with Crippen LogP contribution >= 0.6 is 0 Å². The van der Waals surface area contributed by atoms with Crippen LogP contribution in [-0.2, 0) is 16.8 Å². The second-order valence-electron chi connectivity index (χ2n) is 7.95. The Hall–Kier alpha value is -2.75. The van der Waals surface area contributed by atoms with E-state index < -0.39 is 27.4 Å². The van der Waals surface area contributed by atoms with Gasteiger partial charge >= 0.3 is 171 Å². The molecule has 154 valence electrons. The van der Waals surface area contributed by atoms with Gasteiger partial charge in [-0.15, -0.1) is 0 Å². The predicted octanol–water partition coefficient (Wildman–Crippen LogP) is 0.714. The molecule has 3 aromatic rings. The van der Waals surface area contributed by atoms with Gasteiger partial charge in [-0.25, -0.2) is 0 Å². The third-order valence-corrected chi connectivity index (χ3v) is 7.14. The van der Waals surface area contributed by atoms with Gasteiger partial charge in [0.2, 0.25) is 0 Å². The topological polar surface area (TPSA) is 74.0 Å². The molecule has 0 saturated carbocycles. The van der Waals surface area contributed by atoms with Crippen molar-refractivity contribution in [3.63, 3.8) is 0 Å². The summed E-state index contributed by atoms with van der Waals surface area (Å²) in [6.45, 7) is 4.66. The van der Waals surface area contributed by atoms with Crippen molar-refractivity contribution in [1.82, 2.24) is 4.98 Å².